The van der Waals surface area contributed by atoms with Gasteiger partial charge in [-0.25, -0.2) is 9.59 Å². The van der Waals surface area contributed by atoms with Crippen LogP contribution in [0.15, 0.2) is 0 Å². The summed E-state index contributed by atoms with van der Waals surface area (Å²) in [5, 5.41) is 5.60. The molecule has 0 spiro atoms. The Hall–Kier alpha value is -1.62. The topological polar surface area (TPSA) is 115 Å². The molecule has 4 rings (SSSR count). The van der Waals surface area contributed by atoms with Crippen LogP contribution in [-0.2, 0) is 23.7 Å². The standard InChI is InChI=1S/C14H26N2O3.C10H17NO3.C5H10O.ClH/c1-14(2,3)19-13(17)15-11-6-5-7-12(11)16-8-10(9-16)18-4;1-10(2,3)14-9(13)11-7-5-4-6-8(7)12;1-6-5-3-2-4-5;/h10-12H,5-9H2,1-4H3,(H,15,17);7H,4-6H2,1-3H3,(H,11,13);5H,2-4H2,1H3;1H/t11-,12?;7-;;/m00../s1. The number of nitrogens with zero attached hydrogens (tertiary/aromatic N) is 1. The second kappa shape index (κ2) is 16.7. The number of carbonyl (C=O) groups is 3. The number of hydrogen-bond acceptors (Lipinski definition) is 8. The zero-order valence-corrected chi connectivity index (χ0v) is 26.7. The minimum atomic E-state index is -0.508. The van der Waals surface area contributed by atoms with E-state index in [4.69, 9.17) is 18.9 Å². The Balaban J connectivity index is 0.000000333. The van der Waals surface area contributed by atoms with Crippen LogP contribution in [0.25, 0.3) is 0 Å². The van der Waals surface area contributed by atoms with Gasteiger partial charge in [0.25, 0.3) is 0 Å². The molecule has 1 aliphatic heterocycles. The zero-order chi connectivity index (χ0) is 29.2. The first-order valence-corrected chi connectivity index (χ1v) is 14.5. The first-order valence-electron chi connectivity index (χ1n) is 14.5. The lowest BCUT2D eigenvalue weighted by atomic mass is 9.96. The number of likely N-dealkylation sites (tertiary alicyclic amines) is 1. The lowest BCUT2D eigenvalue weighted by Gasteiger charge is -2.44. The van der Waals surface area contributed by atoms with Crippen molar-refractivity contribution in [2.45, 2.75) is 141 Å². The molecule has 234 valence electrons. The summed E-state index contributed by atoms with van der Waals surface area (Å²) in [6.07, 6.45) is 9.65. The van der Waals surface area contributed by atoms with Crippen LogP contribution in [0.4, 0.5) is 9.59 Å². The van der Waals surface area contributed by atoms with E-state index in [1.165, 1.54) is 25.7 Å². The number of methoxy groups -OCH3 is 2. The van der Waals surface area contributed by atoms with Gasteiger partial charge >= 0.3 is 12.2 Å². The monoisotopic (exact) mass is 591 g/mol. The second-order valence-electron chi connectivity index (χ2n) is 12.9. The van der Waals surface area contributed by atoms with E-state index in [0.29, 0.717) is 24.7 Å². The molecule has 2 N–H and O–H groups in total. The van der Waals surface area contributed by atoms with Crippen LogP contribution in [0, 0.1) is 0 Å². The number of ether oxygens (including phenoxy) is 4. The van der Waals surface area contributed by atoms with Gasteiger partial charge in [-0.05, 0) is 92.9 Å². The summed E-state index contributed by atoms with van der Waals surface area (Å²) in [7, 11) is 3.54. The third kappa shape index (κ3) is 13.4. The van der Waals surface area contributed by atoms with Crippen molar-refractivity contribution in [2.24, 2.45) is 0 Å². The smallest absolute Gasteiger partial charge is 0.408 e. The average molecular weight is 592 g/mol. The quantitative estimate of drug-likeness (QED) is 0.459. The van der Waals surface area contributed by atoms with Crippen molar-refractivity contribution in [1.82, 2.24) is 15.5 Å². The zero-order valence-electron chi connectivity index (χ0n) is 25.9. The van der Waals surface area contributed by atoms with E-state index in [9.17, 15) is 14.4 Å². The van der Waals surface area contributed by atoms with Crippen molar-refractivity contribution in [3.05, 3.63) is 0 Å². The number of halogens is 1. The fourth-order valence-corrected chi connectivity index (χ4v) is 4.92. The van der Waals surface area contributed by atoms with Crippen LogP contribution in [0.2, 0.25) is 0 Å². The van der Waals surface area contributed by atoms with E-state index < -0.39 is 17.3 Å². The minimum Gasteiger partial charge on any atom is -0.444 e. The van der Waals surface area contributed by atoms with Gasteiger partial charge in [-0.3, -0.25) is 9.69 Å². The largest absolute Gasteiger partial charge is 0.444 e. The van der Waals surface area contributed by atoms with Crippen molar-refractivity contribution in [2.75, 3.05) is 27.3 Å². The number of carbonyl (C=O) groups excluding carboxylic acids is 3. The molecule has 0 aromatic carbocycles. The van der Waals surface area contributed by atoms with Gasteiger partial charge in [0.1, 0.15) is 11.2 Å². The van der Waals surface area contributed by atoms with E-state index in [2.05, 4.69) is 15.5 Å². The molecule has 1 heterocycles. The Kier molecular flexibility index (Phi) is 15.2. The number of hydrogen-bond donors (Lipinski definition) is 2. The number of nitrogens with one attached hydrogen (secondary N) is 2. The highest BCUT2D eigenvalue weighted by molar-refractivity contribution is 5.89. The molecule has 11 heteroatoms. The van der Waals surface area contributed by atoms with E-state index in [1.54, 1.807) is 35.0 Å². The Morgan fingerprint density at radius 2 is 1.27 bits per heavy atom. The third-order valence-electron chi connectivity index (χ3n) is 7.24. The lowest BCUT2D eigenvalue weighted by molar-refractivity contribution is -0.119. The summed E-state index contributed by atoms with van der Waals surface area (Å²) in [5.74, 6) is 0.107. The molecular weight excluding hydrogens is 538 g/mol. The van der Waals surface area contributed by atoms with E-state index in [1.807, 2.05) is 20.8 Å². The maximum Gasteiger partial charge on any atom is 0.408 e. The maximum absolute atomic E-state index is 11.8. The van der Waals surface area contributed by atoms with Gasteiger partial charge in [0.2, 0.25) is 0 Å². The normalized spacial score (nSPS) is 25.1. The van der Waals surface area contributed by atoms with Crippen molar-refractivity contribution in [3.63, 3.8) is 0 Å². The van der Waals surface area contributed by atoms with Crippen molar-refractivity contribution >= 4 is 30.4 Å². The van der Waals surface area contributed by atoms with E-state index >= 15 is 0 Å². The van der Waals surface area contributed by atoms with Crippen LogP contribution in [0.1, 0.15) is 99.3 Å². The van der Waals surface area contributed by atoms with Crippen LogP contribution in [0.5, 0.6) is 0 Å². The third-order valence-corrected chi connectivity index (χ3v) is 7.24. The molecule has 0 aromatic rings. The highest BCUT2D eigenvalue weighted by Gasteiger charge is 2.40. The molecule has 0 radical (unpaired) electrons. The lowest BCUT2D eigenvalue weighted by Crippen LogP contribution is -2.60. The van der Waals surface area contributed by atoms with E-state index in [0.717, 1.165) is 38.8 Å². The summed E-state index contributed by atoms with van der Waals surface area (Å²) in [4.78, 5) is 36.7. The summed E-state index contributed by atoms with van der Waals surface area (Å²) in [6, 6.07) is 0.330. The van der Waals surface area contributed by atoms with Crippen LogP contribution in [0.3, 0.4) is 0 Å². The number of Topliss-reactive ketones (excluding diaryl/α,β-unsaturated/α-hetero) is 1. The molecule has 0 aromatic heterocycles. The van der Waals surface area contributed by atoms with Gasteiger partial charge in [-0.1, -0.05) is 0 Å². The van der Waals surface area contributed by atoms with Crippen molar-refractivity contribution in [1.29, 1.82) is 0 Å². The molecule has 1 unspecified atom stereocenters. The summed E-state index contributed by atoms with van der Waals surface area (Å²) >= 11 is 0. The first kappa shape index (κ1) is 36.4. The van der Waals surface area contributed by atoms with Crippen LogP contribution >= 0.6 is 12.4 Å². The second-order valence-corrected chi connectivity index (χ2v) is 12.9. The Morgan fingerprint density at radius 1 is 0.750 bits per heavy atom. The molecule has 10 nitrogen and oxygen atoms in total. The first-order chi connectivity index (χ1) is 18.2. The number of alkyl carbamates (subject to hydrolysis) is 2. The molecule has 2 amide bonds. The summed E-state index contributed by atoms with van der Waals surface area (Å²) in [6.45, 7) is 13.0. The Bertz CT molecular complexity index is 787. The average Bonchev–Trinajstić information content (AvgIpc) is 3.34. The number of amides is 2. The molecular formula is C29H54ClN3O7. The Morgan fingerprint density at radius 3 is 1.68 bits per heavy atom. The SMILES string of the molecule is CC(C)(C)OC(=O)N[C@H]1CCCC1=O.COC1CCC1.COC1CN(C2CCC[C@@H]2NC(=O)OC(C)(C)C)C1.Cl. The van der Waals surface area contributed by atoms with Gasteiger partial charge in [0.15, 0.2) is 5.78 Å². The van der Waals surface area contributed by atoms with Gasteiger partial charge in [-0.15, -0.1) is 12.4 Å². The predicted molar refractivity (Wildman–Crippen MR) is 157 cm³/mol. The van der Waals surface area contributed by atoms with Gasteiger partial charge in [-0.2, -0.15) is 0 Å². The molecule has 4 aliphatic rings. The number of ketones is 1. The fraction of sp³-hybridized carbons (Fsp3) is 0.897. The highest BCUT2D eigenvalue weighted by atomic mass is 35.5. The fourth-order valence-electron chi connectivity index (χ4n) is 4.92. The molecule has 3 aliphatic carbocycles. The molecule has 3 saturated carbocycles. The van der Waals surface area contributed by atoms with Gasteiger partial charge in [0.05, 0.1) is 18.2 Å². The Labute approximate surface area is 247 Å². The van der Waals surface area contributed by atoms with Crippen LogP contribution < -0.4 is 10.6 Å². The molecule has 3 atom stereocenters. The number of rotatable bonds is 5. The van der Waals surface area contributed by atoms with E-state index in [-0.39, 0.29) is 36.4 Å². The van der Waals surface area contributed by atoms with Gasteiger partial charge in [0, 0.05) is 45.8 Å². The maximum atomic E-state index is 11.8. The van der Waals surface area contributed by atoms with Gasteiger partial charge < -0.3 is 29.6 Å². The molecule has 4 fully saturated rings. The minimum absolute atomic E-state index is 0. The molecule has 40 heavy (non-hydrogen) atoms. The summed E-state index contributed by atoms with van der Waals surface area (Å²) < 4.78 is 20.7. The van der Waals surface area contributed by atoms with Crippen molar-refractivity contribution < 1.29 is 33.3 Å². The summed E-state index contributed by atoms with van der Waals surface area (Å²) in [5.41, 5.74) is -0.943. The molecule has 0 bridgehead atoms. The van der Waals surface area contributed by atoms with Crippen LogP contribution in [-0.4, -0.2) is 91.7 Å². The predicted octanol–water partition coefficient (Wildman–Crippen LogP) is 5.00. The van der Waals surface area contributed by atoms with Crippen molar-refractivity contribution in [3.8, 4) is 0 Å². The molecule has 1 saturated heterocycles. The highest BCUT2D eigenvalue weighted by Crippen LogP contribution is 2.29.